The van der Waals surface area contributed by atoms with Gasteiger partial charge >= 0.3 is 0 Å². The Bertz CT molecular complexity index is 656. The third-order valence-corrected chi connectivity index (χ3v) is 4.61. The van der Waals surface area contributed by atoms with E-state index in [1.165, 1.54) is 37.7 Å². The monoisotopic (exact) mass is 312 g/mol. The van der Waals surface area contributed by atoms with Crippen LogP contribution in [0.1, 0.15) is 48.2 Å². The van der Waals surface area contributed by atoms with Crippen LogP contribution in [0.25, 0.3) is 5.69 Å². The Balaban J connectivity index is 1.66. The molecule has 0 atom stereocenters. The van der Waals surface area contributed by atoms with Crippen LogP contribution in [0.5, 0.6) is 0 Å². The molecule has 0 N–H and O–H groups in total. The summed E-state index contributed by atoms with van der Waals surface area (Å²) in [6.07, 6.45) is 8.08. The maximum atomic E-state index is 12.5. The highest BCUT2D eigenvalue weighted by atomic mass is 16.2. The highest BCUT2D eigenvalue weighted by Crippen LogP contribution is 2.24. The van der Waals surface area contributed by atoms with E-state index in [1.807, 2.05) is 38.2 Å². The van der Waals surface area contributed by atoms with Gasteiger partial charge in [-0.15, -0.1) is 5.10 Å². The number of amides is 1. The van der Waals surface area contributed by atoms with Crippen LogP contribution < -0.4 is 0 Å². The predicted octanol–water partition coefficient (Wildman–Crippen LogP) is 3.23. The van der Waals surface area contributed by atoms with Crippen molar-refractivity contribution in [3.05, 3.63) is 41.7 Å². The van der Waals surface area contributed by atoms with Gasteiger partial charge in [0.15, 0.2) is 5.69 Å². The van der Waals surface area contributed by atoms with Crippen LogP contribution in [0.2, 0.25) is 0 Å². The summed E-state index contributed by atoms with van der Waals surface area (Å²) in [5, 5.41) is 8.14. The second-order valence-electron chi connectivity index (χ2n) is 6.57. The molecule has 5 heteroatoms. The molecule has 1 heterocycles. The minimum atomic E-state index is -0.0473. The van der Waals surface area contributed by atoms with Gasteiger partial charge in [-0.05, 0) is 37.8 Å². The standard InChI is InChI=1S/C18H24N4O/c1-14-8-10-16(11-9-14)22-13-17(19-20-22)18(23)21(2)12-15-6-4-3-5-7-15/h8-11,13,15H,3-7,12H2,1-2H3. The van der Waals surface area contributed by atoms with E-state index in [2.05, 4.69) is 10.3 Å². The lowest BCUT2D eigenvalue weighted by atomic mass is 9.89. The molecule has 1 aromatic carbocycles. The van der Waals surface area contributed by atoms with Crippen molar-refractivity contribution in [2.24, 2.45) is 5.92 Å². The van der Waals surface area contributed by atoms with Gasteiger partial charge in [0.1, 0.15) is 0 Å². The van der Waals surface area contributed by atoms with Crippen LogP contribution in [-0.4, -0.2) is 39.4 Å². The van der Waals surface area contributed by atoms with Gasteiger partial charge in [0.2, 0.25) is 0 Å². The molecule has 1 aliphatic rings. The van der Waals surface area contributed by atoms with Crippen molar-refractivity contribution in [2.75, 3.05) is 13.6 Å². The summed E-state index contributed by atoms with van der Waals surface area (Å²) in [6, 6.07) is 8.00. The van der Waals surface area contributed by atoms with Crippen molar-refractivity contribution >= 4 is 5.91 Å². The number of carbonyl (C=O) groups excluding carboxylic acids is 1. The van der Waals surface area contributed by atoms with Crippen LogP contribution in [-0.2, 0) is 0 Å². The molecule has 3 rings (SSSR count). The van der Waals surface area contributed by atoms with Gasteiger partial charge in [-0.25, -0.2) is 4.68 Å². The fourth-order valence-electron chi connectivity index (χ4n) is 3.22. The first-order valence-electron chi connectivity index (χ1n) is 8.38. The molecule has 0 unspecified atom stereocenters. The average Bonchev–Trinajstić information content (AvgIpc) is 3.05. The Kier molecular flexibility index (Phi) is 4.74. The van der Waals surface area contributed by atoms with Crippen molar-refractivity contribution in [1.29, 1.82) is 0 Å². The molecule has 1 amide bonds. The van der Waals surface area contributed by atoms with Crippen LogP contribution in [0.3, 0.4) is 0 Å². The summed E-state index contributed by atoms with van der Waals surface area (Å²) < 4.78 is 1.65. The fourth-order valence-corrected chi connectivity index (χ4v) is 3.22. The zero-order valence-corrected chi connectivity index (χ0v) is 13.9. The fraction of sp³-hybridized carbons (Fsp3) is 0.500. The Morgan fingerprint density at radius 1 is 1.22 bits per heavy atom. The molecule has 0 saturated heterocycles. The van der Waals surface area contributed by atoms with Crippen LogP contribution in [0.4, 0.5) is 0 Å². The van der Waals surface area contributed by atoms with Gasteiger partial charge in [-0.2, -0.15) is 0 Å². The molecule has 1 aromatic heterocycles. The molecule has 0 aliphatic heterocycles. The van der Waals surface area contributed by atoms with E-state index in [9.17, 15) is 4.79 Å². The van der Waals surface area contributed by atoms with E-state index in [0.717, 1.165) is 12.2 Å². The van der Waals surface area contributed by atoms with E-state index >= 15 is 0 Å². The topological polar surface area (TPSA) is 51.0 Å². The van der Waals surface area contributed by atoms with Crippen molar-refractivity contribution in [3.63, 3.8) is 0 Å². The van der Waals surface area contributed by atoms with E-state index in [-0.39, 0.29) is 5.91 Å². The molecular formula is C18H24N4O. The van der Waals surface area contributed by atoms with Gasteiger partial charge in [0, 0.05) is 13.6 Å². The van der Waals surface area contributed by atoms with Gasteiger partial charge < -0.3 is 4.90 Å². The zero-order chi connectivity index (χ0) is 16.2. The highest BCUT2D eigenvalue weighted by molar-refractivity contribution is 5.91. The molecule has 1 aliphatic carbocycles. The van der Waals surface area contributed by atoms with Crippen molar-refractivity contribution in [3.8, 4) is 5.69 Å². The first-order valence-corrected chi connectivity index (χ1v) is 8.38. The van der Waals surface area contributed by atoms with Crippen LogP contribution in [0.15, 0.2) is 30.5 Å². The number of carbonyl (C=O) groups is 1. The van der Waals surface area contributed by atoms with Crippen molar-refractivity contribution in [1.82, 2.24) is 19.9 Å². The smallest absolute Gasteiger partial charge is 0.275 e. The van der Waals surface area contributed by atoms with Crippen molar-refractivity contribution < 1.29 is 4.79 Å². The Hall–Kier alpha value is -2.17. The molecule has 2 aromatic rings. The van der Waals surface area contributed by atoms with E-state index < -0.39 is 0 Å². The van der Waals surface area contributed by atoms with E-state index in [0.29, 0.717) is 11.6 Å². The third kappa shape index (κ3) is 3.78. The normalized spacial score (nSPS) is 15.6. The number of nitrogens with zero attached hydrogens (tertiary/aromatic N) is 4. The summed E-state index contributed by atoms with van der Waals surface area (Å²) in [5.74, 6) is 0.582. The third-order valence-electron chi connectivity index (χ3n) is 4.61. The second-order valence-corrected chi connectivity index (χ2v) is 6.57. The maximum Gasteiger partial charge on any atom is 0.275 e. The summed E-state index contributed by atoms with van der Waals surface area (Å²) in [4.78, 5) is 14.3. The Morgan fingerprint density at radius 3 is 2.61 bits per heavy atom. The first kappa shape index (κ1) is 15.7. The summed E-state index contributed by atoms with van der Waals surface area (Å²) in [6.45, 7) is 2.86. The zero-order valence-electron chi connectivity index (χ0n) is 13.9. The molecule has 122 valence electrons. The lowest BCUT2D eigenvalue weighted by Gasteiger charge is -2.26. The van der Waals surface area contributed by atoms with Gasteiger partial charge in [0.25, 0.3) is 5.91 Å². The number of aromatic nitrogens is 3. The lowest BCUT2D eigenvalue weighted by molar-refractivity contribution is 0.0754. The van der Waals surface area contributed by atoms with Gasteiger partial charge in [-0.1, -0.05) is 42.2 Å². The van der Waals surface area contributed by atoms with E-state index in [4.69, 9.17) is 0 Å². The minimum absolute atomic E-state index is 0.0473. The summed E-state index contributed by atoms with van der Waals surface area (Å²) >= 11 is 0. The molecule has 1 fully saturated rings. The van der Waals surface area contributed by atoms with Gasteiger partial charge in [-0.3, -0.25) is 4.79 Å². The highest BCUT2D eigenvalue weighted by Gasteiger charge is 2.21. The van der Waals surface area contributed by atoms with E-state index in [1.54, 1.807) is 15.8 Å². The first-order chi connectivity index (χ1) is 11.1. The number of hydrogen-bond acceptors (Lipinski definition) is 3. The minimum Gasteiger partial charge on any atom is -0.340 e. The summed E-state index contributed by atoms with van der Waals surface area (Å²) in [7, 11) is 1.86. The predicted molar refractivity (Wildman–Crippen MR) is 89.6 cm³/mol. The molecule has 1 saturated carbocycles. The number of rotatable bonds is 4. The molecule has 0 bridgehead atoms. The lowest BCUT2D eigenvalue weighted by Crippen LogP contribution is -2.32. The van der Waals surface area contributed by atoms with Gasteiger partial charge in [0.05, 0.1) is 11.9 Å². The number of aryl methyl sites for hydroxylation is 1. The quantitative estimate of drug-likeness (QED) is 0.871. The Morgan fingerprint density at radius 2 is 1.91 bits per heavy atom. The van der Waals surface area contributed by atoms with Crippen LogP contribution >= 0.6 is 0 Å². The SMILES string of the molecule is Cc1ccc(-n2cc(C(=O)N(C)CC3CCCCC3)nn2)cc1. The Labute approximate surface area is 137 Å². The summed E-state index contributed by atoms with van der Waals surface area (Å²) in [5.41, 5.74) is 2.51. The maximum absolute atomic E-state index is 12.5. The molecule has 23 heavy (non-hydrogen) atoms. The van der Waals surface area contributed by atoms with Crippen molar-refractivity contribution in [2.45, 2.75) is 39.0 Å². The largest absolute Gasteiger partial charge is 0.340 e. The molecule has 0 radical (unpaired) electrons. The number of hydrogen-bond donors (Lipinski definition) is 0. The average molecular weight is 312 g/mol. The second kappa shape index (κ2) is 6.94. The molecule has 0 spiro atoms. The number of benzene rings is 1. The van der Waals surface area contributed by atoms with Crippen LogP contribution in [0, 0.1) is 12.8 Å². The molecule has 5 nitrogen and oxygen atoms in total. The molecular weight excluding hydrogens is 288 g/mol.